The third kappa shape index (κ3) is 2.27. The van der Waals surface area contributed by atoms with Crippen LogP contribution in [0.4, 0.5) is 5.69 Å². The predicted molar refractivity (Wildman–Crippen MR) is 83.1 cm³/mol. The van der Waals surface area contributed by atoms with E-state index in [1.165, 1.54) is 46.4 Å². The van der Waals surface area contributed by atoms with Crippen molar-refractivity contribution in [3.05, 3.63) is 17.7 Å². The fourth-order valence-electron chi connectivity index (χ4n) is 2.83. The Balaban J connectivity index is 2.09. The van der Waals surface area contributed by atoms with Crippen LogP contribution in [-0.4, -0.2) is 17.2 Å². The molecule has 98 valence electrons. The molecule has 0 saturated carbocycles. The van der Waals surface area contributed by atoms with Crippen molar-refractivity contribution in [2.75, 3.05) is 16.5 Å². The molecule has 3 rings (SSSR count). The third-order valence-electron chi connectivity index (χ3n) is 3.75. The largest absolute Gasteiger partial charge is 0.366 e. The van der Waals surface area contributed by atoms with Crippen molar-refractivity contribution in [1.29, 1.82) is 0 Å². The summed E-state index contributed by atoms with van der Waals surface area (Å²) in [6.45, 7) is 8.19. The Bertz CT molecular complexity index is 462. The second-order valence-electron chi connectivity index (χ2n) is 6.11. The van der Waals surface area contributed by atoms with Gasteiger partial charge < -0.3 is 4.90 Å². The number of hydrogen-bond acceptors (Lipinski definition) is 3. The molecule has 0 spiro atoms. The molecule has 2 aliphatic rings. The summed E-state index contributed by atoms with van der Waals surface area (Å²) in [6.07, 6.45) is 3.90. The van der Waals surface area contributed by atoms with Crippen LogP contribution in [0.2, 0.25) is 0 Å². The average Bonchev–Trinajstić information content (AvgIpc) is 2.62. The highest BCUT2D eigenvalue weighted by Gasteiger charge is 2.27. The Morgan fingerprint density at radius 1 is 1.06 bits per heavy atom. The SMILES string of the molecule is CC(C)(C)N1CCCCc2cc3c(cc21)SCS3. The molecule has 0 amide bonds. The first-order chi connectivity index (χ1) is 8.55. The monoisotopic (exact) mass is 279 g/mol. The van der Waals surface area contributed by atoms with E-state index in [0.717, 1.165) is 0 Å². The number of fused-ring (bicyclic) bond motifs is 2. The molecule has 18 heavy (non-hydrogen) atoms. The van der Waals surface area contributed by atoms with Gasteiger partial charge in [0.2, 0.25) is 0 Å². The van der Waals surface area contributed by atoms with Gasteiger partial charge in [-0.1, -0.05) is 0 Å². The summed E-state index contributed by atoms with van der Waals surface area (Å²) in [4.78, 5) is 5.61. The van der Waals surface area contributed by atoms with Crippen LogP contribution in [0.25, 0.3) is 0 Å². The zero-order valence-electron chi connectivity index (χ0n) is 11.5. The van der Waals surface area contributed by atoms with Crippen LogP contribution in [0.5, 0.6) is 0 Å². The number of thioether (sulfide) groups is 2. The van der Waals surface area contributed by atoms with Crippen molar-refractivity contribution < 1.29 is 0 Å². The standard InChI is InChI=1S/C15H21NS2/c1-15(2,3)16-7-5-4-6-11-8-13-14(9-12(11)16)18-10-17-13/h8-9H,4-7,10H2,1-3H3. The van der Waals surface area contributed by atoms with E-state index in [9.17, 15) is 0 Å². The summed E-state index contributed by atoms with van der Waals surface area (Å²) in [5, 5.41) is 1.19. The van der Waals surface area contributed by atoms with E-state index in [2.05, 4.69) is 37.8 Å². The molecule has 0 aliphatic carbocycles. The van der Waals surface area contributed by atoms with Gasteiger partial charge in [0, 0.05) is 32.6 Å². The highest BCUT2D eigenvalue weighted by atomic mass is 32.2. The first-order valence-corrected chi connectivity index (χ1v) is 8.73. The first kappa shape index (κ1) is 12.7. The lowest BCUT2D eigenvalue weighted by Gasteiger charge is -2.38. The molecule has 1 aromatic rings. The molecule has 3 heteroatoms. The van der Waals surface area contributed by atoms with Crippen LogP contribution in [0.3, 0.4) is 0 Å². The van der Waals surface area contributed by atoms with Crippen molar-refractivity contribution in [3.63, 3.8) is 0 Å². The number of anilines is 1. The number of rotatable bonds is 0. The van der Waals surface area contributed by atoms with Gasteiger partial charge >= 0.3 is 0 Å². The number of aryl methyl sites for hydroxylation is 1. The van der Waals surface area contributed by atoms with E-state index < -0.39 is 0 Å². The van der Waals surface area contributed by atoms with Gasteiger partial charge in [-0.3, -0.25) is 0 Å². The molecule has 2 heterocycles. The summed E-state index contributed by atoms with van der Waals surface area (Å²) < 4.78 is 0. The van der Waals surface area contributed by atoms with Gasteiger partial charge in [0.05, 0.1) is 0 Å². The van der Waals surface area contributed by atoms with Crippen molar-refractivity contribution >= 4 is 29.2 Å². The van der Waals surface area contributed by atoms with Gasteiger partial charge in [-0.05, 0) is 57.7 Å². The van der Waals surface area contributed by atoms with E-state index in [4.69, 9.17) is 0 Å². The zero-order chi connectivity index (χ0) is 12.8. The van der Waals surface area contributed by atoms with Crippen LogP contribution in [-0.2, 0) is 6.42 Å². The summed E-state index contributed by atoms with van der Waals surface area (Å²) in [7, 11) is 0. The Hall–Kier alpha value is -0.280. The van der Waals surface area contributed by atoms with Crippen LogP contribution in [0.1, 0.15) is 39.2 Å². The molecule has 0 bridgehead atoms. The minimum absolute atomic E-state index is 0.226. The predicted octanol–water partition coefficient (Wildman–Crippen LogP) is 4.78. The maximum Gasteiger partial charge on any atom is 0.0487 e. The lowest BCUT2D eigenvalue weighted by Crippen LogP contribution is -2.42. The highest BCUT2D eigenvalue weighted by molar-refractivity contribution is 8.18. The topological polar surface area (TPSA) is 3.24 Å². The van der Waals surface area contributed by atoms with Crippen LogP contribution >= 0.6 is 23.5 Å². The van der Waals surface area contributed by atoms with Gasteiger partial charge in [-0.2, -0.15) is 0 Å². The van der Waals surface area contributed by atoms with E-state index >= 15 is 0 Å². The lowest BCUT2D eigenvalue weighted by atomic mass is 10.0. The van der Waals surface area contributed by atoms with E-state index in [-0.39, 0.29) is 5.54 Å². The van der Waals surface area contributed by atoms with Crippen molar-refractivity contribution in [2.45, 2.75) is 55.4 Å². The molecule has 0 radical (unpaired) electrons. The maximum atomic E-state index is 2.61. The summed E-state index contributed by atoms with van der Waals surface area (Å²) in [5.74, 6) is 0. The molecule has 1 aromatic carbocycles. The van der Waals surface area contributed by atoms with Crippen LogP contribution in [0, 0.1) is 0 Å². The van der Waals surface area contributed by atoms with E-state index in [1.54, 1.807) is 5.56 Å². The van der Waals surface area contributed by atoms with Crippen LogP contribution < -0.4 is 4.90 Å². The van der Waals surface area contributed by atoms with E-state index in [1.807, 2.05) is 23.5 Å². The van der Waals surface area contributed by atoms with Gasteiger partial charge in [0.25, 0.3) is 0 Å². The molecule has 0 saturated heterocycles. The summed E-state index contributed by atoms with van der Waals surface area (Å²) in [5.41, 5.74) is 3.29. The molecular formula is C15H21NS2. The maximum absolute atomic E-state index is 2.61. The average molecular weight is 279 g/mol. The molecular weight excluding hydrogens is 258 g/mol. The minimum atomic E-state index is 0.226. The highest BCUT2D eigenvalue weighted by Crippen LogP contribution is 2.46. The van der Waals surface area contributed by atoms with Gasteiger partial charge in [-0.25, -0.2) is 0 Å². The van der Waals surface area contributed by atoms with Gasteiger partial charge in [0.15, 0.2) is 0 Å². The second kappa shape index (κ2) is 4.68. The molecule has 0 unspecified atom stereocenters. The van der Waals surface area contributed by atoms with Crippen molar-refractivity contribution in [3.8, 4) is 0 Å². The molecule has 2 aliphatic heterocycles. The Labute approximate surface area is 119 Å². The number of nitrogens with zero attached hydrogens (tertiary/aromatic N) is 1. The minimum Gasteiger partial charge on any atom is -0.366 e. The summed E-state index contributed by atoms with van der Waals surface area (Å²) >= 11 is 4.00. The van der Waals surface area contributed by atoms with Crippen molar-refractivity contribution in [2.24, 2.45) is 0 Å². The molecule has 0 atom stereocenters. The van der Waals surface area contributed by atoms with Crippen LogP contribution in [0.15, 0.2) is 21.9 Å². The molecule has 0 aromatic heterocycles. The molecule has 0 N–H and O–H groups in total. The Morgan fingerprint density at radius 3 is 2.50 bits per heavy atom. The van der Waals surface area contributed by atoms with Gasteiger partial charge in [0.1, 0.15) is 0 Å². The van der Waals surface area contributed by atoms with Gasteiger partial charge in [-0.15, -0.1) is 23.5 Å². The normalized spacial score (nSPS) is 19.4. The smallest absolute Gasteiger partial charge is 0.0487 e. The summed E-state index contributed by atoms with van der Waals surface area (Å²) in [6, 6.07) is 4.91. The third-order valence-corrected chi connectivity index (χ3v) is 6.12. The first-order valence-electron chi connectivity index (χ1n) is 6.76. The second-order valence-corrected chi connectivity index (χ2v) is 8.51. The quantitative estimate of drug-likeness (QED) is 0.672. The Morgan fingerprint density at radius 2 is 1.78 bits per heavy atom. The number of benzene rings is 1. The zero-order valence-corrected chi connectivity index (χ0v) is 13.1. The Kier molecular flexibility index (Phi) is 3.31. The fraction of sp³-hybridized carbons (Fsp3) is 0.600. The van der Waals surface area contributed by atoms with Crippen molar-refractivity contribution in [1.82, 2.24) is 0 Å². The molecule has 0 fully saturated rings. The fourth-order valence-corrected chi connectivity index (χ4v) is 5.26. The molecule has 1 nitrogen and oxygen atoms in total. The number of hydrogen-bond donors (Lipinski definition) is 0. The van der Waals surface area contributed by atoms with E-state index in [0.29, 0.717) is 0 Å². The lowest BCUT2D eigenvalue weighted by molar-refractivity contribution is 0.498.